The van der Waals surface area contributed by atoms with Crippen LogP contribution in [0.15, 0.2) is 36.0 Å². The molecule has 0 radical (unpaired) electrons. The minimum atomic E-state index is -0.952. The van der Waals surface area contributed by atoms with Gasteiger partial charge in [0.15, 0.2) is 13.6 Å². The van der Waals surface area contributed by atoms with E-state index in [1.807, 2.05) is 16.9 Å². The molecule has 0 bridgehead atoms. The van der Waals surface area contributed by atoms with E-state index >= 15 is 0 Å². The van der Waals surface area contributed by atoms with Gasteiger partial charge < -0.3 is 29.2 Å². The van der Waals surface area contributed by atoms with Gasteiger partial charge in [-0.25, -0.2) is 9.48 Å². The number of aromatic carboxylic acids is 1. The van der Waals surface area contributed by atoms with E-state index in [9.17, 15) is 15.0 Å². The first-order valence-electron chi connectivity index (χ1n) is 14.5. The summed E-state index contributed by atoms with van der Waals surface area (Å²) in [4.78, 5) is 11.6. The molecular weight excluding hydrogens is 512 g/mol. The summed E-state index contributed by atoms with van der Waals surface area (Å²) in [6.07, 6.45) is 9.00. The zero-order valence-corrected chi connectivity index (χ0v) is 23.0. The minimum absolute atomic E-state index is 0.131. The van der Waals surface area contributed by atoms with E-state index in [0.29, 0.717) is 24.9 Å². The molecule has 9 heteroatoms. The number of carbonyl (C=O) groups is 1. The zero-order valence-electron chi connectivity index (χ0n) is 23.0. The standard InChI is InChI=1S/C31H36N2O7/c1-28-12-19-14-32-33(21-5-3-4-18(10-21)27(35)36)24(19)11-20(28)6-7-22-23-8-9-30(29(23,2)13-25(34)26(22)28)31(40-17-38-30)15-37-16-39-31/h3-5,10-11,14,22-23,25-26,34H,6-9,12-13,15-17H2,1-2H3,(H,35,36)/t22-,23-,25-,26+,28-,29-,30+,31?/m0/s1. The zero-order chi connectivity index (χ0) is 27.5. The van der Waals surface area contributed by atoms with E-state index in [-0.39, 0.29) is 35.9 Å². The van der Waals surface area contributed by atoms with Gasteiger partial charge in [0.05, 0.1) is 29.2 Å². The monoisotopic (exact) mass is 548 g/mol. The van der Waals surface area contributed by atoms with Crippen molar-refractivity contribution in [2.24, 2.45) is 28.6 Å². The van der Waals surface area contributed by atoms with Crippen molar-refractivity contribution >= 4 is 12.0 Å². The molecule has 1 unspecified atom stereocenters. The van der Waals surface area contributed by atoms with Crippen LogP contribution in [-0.2, 0) is 25.4 Å². The molecule has 3 saturated carbocycles. The Morgan fingerprint density at radius 2 is 2.00 bits per heavy atom. The highest BCUT2D eigenvalue weighted by Crippen LogP contribution is 2.71. The average Bonchev–Trinajstić information content (AvgIpc) is 3.71. The van der Waals surface area contributed by atoms with E-state index in [2.05, 4.69) is 19.9 Å². The molecule has 5 fully saturated rings. The molecule has 2 spiro atoms. The summed E-state index contributed by atoms with van der Waals surface area (Å²) in [6.45, 7) is 5.41. The van der Waals surface area contributed by atoms with Gasteiger partial charge in [-0.3, -0.25) is 0 Å². The molecule has 1 aromatic heterocycles. The molecule has 1 aromatic carbocycles. The molecular formula is C31H36N2O7. The third-order valence-electron chi connectivity index (χ3n) is 11.8. The van der Waals surface area contributed by atoms with Gasteiger partial charge in [-0.05, 0) is 91.5 Å². The number of hydrogen-bond donors (Lipinski definition) is 2. The van der Waals surface area contributed by atoms with E-state index in [4.69, 9.17) is 24.0 Å². The Morgan fingerprint density at radius 3 is 2.80 bits per heavy atom. The number of ether oxygens (including phenoxy) is 4. The summed E-state index contributed by atoms with van der Waals surface area (Å²) < 4.78 is 26.3. The van der Waals surface area contributed by atoms with Crippen LogP contribution in [0, 0.1) is 28.6 Å². The number of rotatable bonds is 2. The molecule has 2 saturated heterocycles. The molecule has 2 N–H and O–H groups in total. The van der Waals surface area contributed by atoms with Crippen LogP contribution in [0.5, 0.6) is 0 Å². The van der Waals surface area contributed by atoms with Gasteiger partial charge in [-0.1, -0.05) is 25.5 Å². The lowest BCUT2D eigenvalue weighted by Crippen LogP contribution is -2.66. The number of carboxylic acids is 1. The first-order chi connectivity index (χ1) is 19.2. The second-order valence-electron chi connectivity index (χ2n) is 13.2. The minimum Gasteiger partial charge on any atom is -0.478 e. The second kappa shape index (κ2) is 8.26. The summed E-state index contributed by atoms with van der Waals surface area (Å²) >= 11 is 0. The first-order valence-corrected chi connectivity index (χ1v) is 14.5. The topological polar surface area (TPSA) is 112 Å². The predicted octanol–water partition coefficient (Wildman–Crippen LogP) is 4.17. The number of hydrogen-bond acceptors (Lipinski definition) is 7. The van der Waals surface area contributed by atoms with Gasteiger partial charge in [0.25, 0.3) is 0 Å². The highest BCUT2D eigenvalue weighted by Gasteiger charge is 2.76. The van der Waals surface area contributed by atoms with Crippen LogP contribution in [0.3, 0.4) is 0 Å². The first kappa shape index (κ1) is 25.2. The summed E-state index contributed by atoms with van der Waals surface area (Å²) in [5.41, 5.74) is 3.42. The molecule has 9 nitrogen and oxygen atoms in total. The molecule has 8 atom stereocenters. The fourth-order valence-electron chi connectivity index (χ4n) is 10.1. The van der Waals surface area contributed by atoms with Crippen molar-refractivity contribution in [2.75, 3.05) is 20.2 Å². The Balaban J connectivity index is 1.15. The van der Waals surface area contributed by atoms with Crippen LogP contribution in [0.2, 0.25) is 0 Å². The highest BCUT2D eigenvalue weighted by molar-refractivity contribution is 5.88. The van der Waals surface area contributed by atoms with Crippen LogP contribution >= 0.6 is 0 Å². The van der Waals surface area contributed by atoms with Crippen molar-refractivity contribution in [2.45, 2.75) is 69.9 Å². The van der Waals surface area contributed by atoms with Gasteiger partial charge in [-0.15, -0.1) is 0 Å². The molecule has 4 aliphatic carbocycles. The smallest absolute Gasteiger partial charge is 0.335 e. The molecule has 0 amide bonds. The Labute approximate surface area is 233 Å². The number of nitrogens with zero attached hydrogens (tertiary/aromatic N) is 2. The van der Waals surface area contributed by atoms with Crippen molar-refractivity contribution in [3.63, 3.8) is 0 Å². The number of fused-ring (bicyclic) bond motifs is 8. The van der Waals surface area contributed by atoms with Crippen molar-refractivity contribution in [3.8, 4) is 5.69 Å². The van der Waals surface area contributed by atoms with E-state index in [1.165, 1.54) is 5.57 Å². The number of allylic oxidation sites excluding steroid dienone is 1. The molecule has 40 heavy (non-hydrogen) atoms. The lowest BCUT2D eigenvalue weighted by Gasteiger charge is -2.61. The van der Waals surface area contributed by atoms with Gasteiger partial charge in [0, 0.05) is 5.41 Å². The normalized spacial score (nSPS) is 43.3. The SMILES string of the molecule is C[C@]12Cc3cnn(-c4cccc(C(=O)O)c4)c3C=C1CC[C@@H]1[C@@H]2[C@@H](O)C[C@@]2(C)[C@H]1CC[C@@]21OCOC12COCO2. The molecule has 212 valence electrons. The lowest BCUT2D eigenvalue weighted by molar-refractivity contribution is -0.257. The summed E-state index contributed by atoms with van der Waals surface area (Å²) in [7, 11) is 0. The fraction of sp³-hybridized carbons (Fsp3) is 0.613. The summed E-state index contributed by atoms with van der Waals surface area (Å²) in [6, 6.07) is 6.92. The van der Waals surface area contributed by atoms with Gasteiger partial charge in [-0.2, -0.15) is 5.10 Å². The Morgan fingerprint density at radius 1 is 1.15 bits per heavy atom. The quantitative estimate of drug-likeness (QED) is 0.575. The molecule has 8 rings (SSSR count). The lowest BCUT2D eigenvalue weighted by atomic mass is 9.45. The van der Waals surface area contributed by atoms with Gasteiger partial charge in [0.2, 0.25) is 5.79 Å². The van der Waals surface area contributed by atoms with Crippen LogP contribution in [0.25, 0.3) is 11.8 Å². The molecule has 3 heterocycles. The Hall–Kier alpha value is -2.56. The summed E-state index contributed by atoms with van der Waals surface area (Å²) in [5, 5.41) is 26.2. The molecule has 6 aliphatic rings. The van der Waals surface area contributed by atoms with E-state index in [0.717, 1.165) is 49.0 Å². The maximum absolute atomic E-state index is 12.0. The van der Waals surface area contributed by atoms with Crippen LogP contribution < -0.4 is 0 Å². The van der Waals surface area contributed by atoms with Crippen molar-refractivity contribution in [3.05, 3.63) is 52.9 Å². The number of carboxylic acid groups (broad SMARTS) is 1. The predicted molar refractivity (Wildman–Crippen MR) is 142 cm³/mol. The van der Waals surface area contributed by atoms with Gasteiger partial charge >= 0.3 is 5.97 Å². The second-order valence-corrected chi connectivity index (χ2v) is 13.2. The Bertz CT molecular complexity index is 1420. The van der Waals surface area contributed by atoms with Crippen molar-refractivity contribution in [1.29, 1.82) is 0 Å². The molecule has 2 aliphatic heterocycles. The van der Waals surface area contributed by atoms with Crippen LogP contribution in [-0.4, -0.2) is 63.6 Å². The number of benzene rings is 1. The van der Waals surface area contributed by atoms with Gasteiger partial charge in [0.1, 0.15) is 12.2 Å². The average molecular weight is 549 g/mol. The Kier molecular flexibility index (Phi) is 5.20. The van der Waals surface area contributed by atoms with Crippen LogP contribution in [0.1, 0.15) is 67.6 Å². The number of aliphatic hydroxyl groups excluding tert-OH is 1. The van der Waals surface area contributed by atoms with Crippen molar-refractivity contribution < 1.29 is 34.0 Å². The van der Waals surface area contributed by atoms with E-state index < -0.39 is 23.5 Å². The number of aliphatic hydroxyl groups is 1. The maximum atomic E-state index is 12.0. The highest BCUT2D eigenvalue weighted by atomic mass is 16.9. The largest absolute Gasteiger partial charge is 0.478 e. The van der Waals surface area contributed by atoms with Crippen molar-refractivity contribution in [1.82, 2.24) is 9.78 Å². The third-order valence-corrected chi connectivity index (χ3v) is 11.8. The van der Waals surface area contributed by atoms with E-state index in [1.54, 1.807) is 18.2 Å². The maximum Gasteiger partial charge on any atom is 0.335 e. The molecule has 2 aromatic rings. The fourth-order valence-corrected chi connectivity index (χ4v) is 10.1. The number of aromatic nitrogens is 2. The third kappa shape index (κ3) is 3.00. The summed E-state index contributed by atoms with van der Waals surface area (Å²) in [5.74, 6) is -0.954. The van der Waals surface area contributed by atoms with Crippen LogP contribution in [0.4, 0.5) is 0 Å².